The Hall–Kier alpha value is -2.62. The lowest BCUT2D eigenvalue weighted by molar-refractivity contribution is 0.110. The van der Waals surface area contributed by atoms with E-state index in [1.54, 1.807) is 0 Å². The van der Waals surface area contributed by atoms with Crippen LogP contribution in [-0.2, 0) is 13.1 Å². The molecule has 0 amide bonds. The van der Waals surface area contributed by atoms with Gasteiger partial charge >= 0.3 is 0 Å². The highest BCUT2D eigenvalue weighted by Gasteiger charge is 2.25. The third-order valence-electron chi connectivity index (χ3n) is 9.25. The van der Waals surface area contributed by atoms with Crippen LogP contribution in [0.25, 0.3) is 22.5 Å². The predicted octanol–water partition coefficient (Wildman–Crippen LogP) is 9.45. The van der Waals surface area contributed by atoms with Crippen LogP contribution in [0.5, 0.6) is 0 Å². The van der Waals surface area contributed by atoms with E-state index in [1.807, 2.05) is 12.4 Å². The first kappa shape index (κ1) is 41.4. The van der Waals surface area contributed by atoms with Crippen molar-refractivity contribution < 1.29 is 0 Å². The van der Waals surface area contributed by atoms with E-state index in [0.29, 0.717) is 12.6 Å². The van der Waals surface area contributed by atoms with Crippen LogP contribution in [0.1, 0.15) is 57.3 Å². The number of piperidine rings is 1. The summed E-state index contributed by atoms with van der Waals surface area (Å²) in [5.41, 5.74) is 15.0. The summed E-state index contributed by atoms with van der Waals surface area (Å²) in [4.78, 5) is 14.5. The highest BCUT2D eigenvalue weighted by atomic mass is 35.5. The Morgan fingerprint density at radius 2 is 1.13 bits per heavy atom. The van der Waals surface area contributed by atoms with E-state index in [0.717, 1.165) is 50.4 Å². The van der Waals surface area contributed by atoms with Gasteiger partial charge in [0.05, 0.1) is 17.9 Å². The highest BCUT2D eigenvalue weighted by molar-refractivity contribution is 5.86. The molecule has 8 heteroatoms. The average Bonchev–Trinajstić information content (AvgIpc) is 2.98. The van der Waals surface area contributed by atoms with Crippen molar-refractivity contribution in [2.75, 3.05) is 19.6 Å². The van der Waals surface area contributed by atoms with Crippen molar-refractivity contribution in [1.82, 2.24) is 19.8 Å². The van der Waals surface area contributed by atoms with E-state index >= 15 is 0 Å². The molecule has 1 aliphatic heterocycles. The molecule has 0 saturated carbocycles. The number of pyridine rings is 2. The zero-order valence-corrected chi connectivity index (χ0v) is 31.1. The third kappa shape index (κ3) is 9.94. The monoisotopic (exact) mass is 700 g/mol. The van der Waals surface area contributed by atoms with Crippen molar-refractivity contribution in [3.63, 3.8) is 0 Å². The Kier molecular flexibility index (Phi) is 16.8. The molecule has 0 unspecified atom stereocenters. The second kappa shape index (κ2) is 18.6. The lowest BCUT2D eigenvalue weighted by atomic mass is 9.97. The van der Waals surface area contributed by atoms with E-state index in [9.17, 15) is 0 Å². The molecule has 1 saturated heterocycles. The van der Waals surface area contributed by atoms with Crippen LogP contribution in [-0.4, -0.2) is 45.4 Å². The molecule has 248 valence electrons. The Bertz CT molecular complexity index is 1580. The summed E-state index contributed by atoms with van der Waals surface area (Å²) < 4.78 is 0. The maximum absolute atomic E-state index is 5.86. The summed E-state index contributed by atoms with van der Waals surface area (Å²) in [6, 6.07) is 18.3. The number of hydrogen-bond acceptors (Lipinski definition) is 4. The van der Waals surface area contributed by atoms with Gasteiger partial charge in [0.15, 0.2) is 0 Å². The lowest BCUT2D eigenvalue weighted by Gasteiger charge is -2.38. The average molecular weight is 703 g/mol. The van der Waals surface area contributed by atoms with Crippen LogP contribution in [0, 0.1) is 53.9 Å². The minimum absolute atomic E-state index is 0. The van der Waals surface area contributed by atoms with E-state index in [4.69, 9.17) is 16.4 Å². The van der Waals surface area contributed by atoms with Crippen molar-refractivity contribution in [2.45, 2.75) is 73.5 Å². The number of hydrogen-bond donors (Lipinski definition) is 0. The largest absolute Gasteiger partial charge is 0.299 e. The molecule has 0 N–H and O–H groups in total. The first-order valence-corrected chi connectivity index (χ1v) is 15.2. The maximum atomic E-state index is 5.86. The Labute approximate surface area is 301 Å². The Morgan fingerprint density at radius 3 is 1.59 bits per heavy atom. The molecule has 3 heterocycles. The van der Waals surface area contributed by atoms with E-state index in [-0.39, 0.29) is 49.6 Å². The van der Waals surface area contributed by atoms with Crippen LogP contribution in [0.4, 0.5) is 0 Å². The predicted molar refractivity (Wildman–Crippen MR) is 204 cm³/mol. The SMILES string of the molecule is C#CCN(Cc1ccnc(-c2cc(C)c(C)c(C)c2)c1)C1CCN(Cc2ccnc(-c3cc(C)c(C)c(C)c3)c2)CC1.Cl.Cl.Cl.Cl. The van der Waals surface area contributed by atoms with Gasteiger partial charge in [-0.25, -0.2) is 0 Å². The number of terminal acetylenes is 1. The van der Waals surface area contributed by atoms with Gasteiger partial charge in [-0.3, -0.25) is 19.8 Å². The molecule has 2 aromatic carbocycles. The van der Waals surface area contributed by atoms with Gasteiger partial charge in [0.1, 0.15) is 0 Å². The smallest absolute Gasteiger partial charge is 0.0705 e. The van der Waals surface area contributed by atoms with Gasteiger partial charge in [0.2, 0.25) is 0 Å². The van der Waals surface area contributed by atoms with E-state index in [1.165, 1.54) is 55.6 Å². The van der Waals surface area contributed by atoms with Crippen LogP contribution in [0.2, 0.25) is 0 Å². The molecule has 4 nitrogen and oxygen atoms in total. The zero-order valence-electron chi connectivity index (χ0n) is 27.8. The number of aromatic nitrogens is 2. The van der Waals surface area contributed by atoms with Gasteiger partial charge in [-0.15, -0.1) is 56.1 Å². The minimum atomic E-state index is 0. The first-order chi connectivity index (χ1) is 20.2. The molecule has 0 radical (unpaired) electrons. The molecule has 46 heavy (non-hydrogen) atoms. The molecule has 0 aliphatic carbocycles. The number of nitrogens with zero attached hydrogens (tertiary/aromatic N) is 4. The van der Waals surface area contributed by atoms with Crippen LogP contribution in [0.15, 0.2) is 60.9 Å². The summed E-state index contributed by atoms with van der Waals surface area (Å²) in [5.74, 6) is 2.93. The molecule has 1 aliphatic rings. The number of aryl methyl sites for hydroxylation is 4. The number of likely N-dealkylation sites (tertiary alicyclic amines) is 1. The first-order valence-electron chi connectivity index (χ1n) is 15.2. The Balaban J connectivity index is 0.00000264. The van der Waals surface area contributed by atoms with Crippen molar-refractivity contribution in [3.05, 3.63) is 105 Å². The van der Waals surface area contributed by atoms with Crippen LogP contribution in [0.3, 0.4) is 0 Å². The molecule has 0 atom stereocenters. The molecular formula is C38H48Cl4N4. The number of benzene rings is 2. The lowest BCUT2D eigenvalue weighted by Crippen LogP contribution is -2.44. The standard InChI is InChI=1S/C38H44N4.4ClH/c1-8-15-42(25-33-10-14-40-38(23-33)35-20-28(4)31(7)29(5)21-35)36-11-16-41(17-12-36)24-32-9-13-39-37(22-32)34-18-26(2)30(6)27(3)19-34;;;;/h1,9-10,13-14,18-23,36H,11-12,15-17,24-25H2,2-7H3;4*1H. The quantitative estimate of drug-likeness (QED) is 0.171. The summed E-state index contributed by atoms with van der Waals surface area (Å²) in [6.45, 7) is 17.7. The van der Waals surface area contributed by atoms with E-state index < -0.39 is 0 Å². The number of halogens is 4. The molecule has 2 aromatic heterocycles. The fourth-order valence-electron chi connectivity index (χ4n) is 6.19. The van der Waals surface area contributed by atoms with Crippen molar-refractivity contribution in [3.8, 4) is 34.9 Å². The fourth-order valence-corrected chi connectivity index (χ4v) is 6.19. The van der Waals surface area contributed by atoms with Gasteiger partial charge < -0.3 is 0 Å². The van der Waals surface area contributed by atoms with E-state index in [2.05, 4.69) is 106 Å². The van der Waals surface area contributed by atoms with Gasteiger partial charge in [0, 0.05) is 42.7 Å². The fraction of sp³-hybridized carbons (Fsp3) is 0.368. The van der Waals surface area contributed by atoms with Crippen LogP contribution >= 0.6 is 49.6 Å². The number of rotatable bonds is 8. The minimum Gasteiger partial charge on any atom is -0.299 e. The van der Waals surface area contributed by atoms with Gasteiger partial charge in [-0.1, -0.05) is 5.92 Å². The van der Waals surface area contributed by atoms with Gasteiger partial charge in [-0.05, 0) is 161 Å². The Morgan fingerprint density at radius 1 is 0.696 bits per heavy atom. The molecule has 4 aromatic rings. The summed E-state index contributed by atoms with van der Waals surface area (Å²) in [7, 11) is 0. The molecule has 0 spiro atoms. The molecule has 5 rings (SSSR count). The second-order valence-corrected chi connectivity index (χ2v) is 12.2. The van der Waals surface area contributed by atoms with Crippen LogP contribution < -0.4 is 0 Å². The van der Waals surface area contributed by atoms with Gasteiger partial charge in [-0.2, -0.15) is 0 Å². The summed E-state index contributed by atoms with van der Waals surface area (Å²) >= 11 is 0. The molecule has 1 fully saturated rings. The topological polar surface area (TPSA) is 32.3 Å². The molecular weight excluding hydrogens is 654 g/mol. The summed E-state index contributed by atoms with van der Waals surface area (Å²) in [5, 5.41) is 0. The summed E-state index contributed by atoms with van der Waals surface area (Å²) in [6.07, 6.45) is 12.0. The van der Waals surface area contributed by atoms with Gasteiger partial charge in [0.25, 0.3) is 0 Å². The van der Waals surface area contributed by atoms with Crippen molar-refractivity contribution in [2.24, 2.45) is 0 Å². The second-order valence-electron chi connectivity index (χ2n) is 12.2. The highest BCUT2D eigenvalue weighted by Crippen LogP contribution is 2.27. The zero-order chi connectivity index (χ0) is 29.8. The maximum Gasteiger partial charge on any atom is 0.0705 e. The molecule has 0 bridgehead atoms. The van der Waals surface area contributed by atoms with Crippen molar-refractivity contribution >= 4 is 49.6 Å². The normalized spacial score (nSPS) is 13.1. The third-order valence-corrected chi connectivity index (χ3v) is 9.25. The van der Waals surface area contributed by atoms with Crippen molar-refractivity contribution in [1.29, 1.82) is 0 Å².